The van der Waals surface area contributed by atoms with Gasteiger partial charge in [0.15, 0.2) is 0 Å². The summed E-state index contributed by atoms with van der Waals surface area (Å²) in [6, 6.07) is 0. The Morgan fingerprint density at radius 3 is 0.842 bits per heavy atom. The zero-order chi connectivity index (χ0) is 27.8. The monoisotopic (exact) mass is 554 g/mol. The van der Waals surface area contributed by atoms with Crippen LogP contribution in [0.2, 0.25) is 0 Å². The molecule has 38 heavy (non-hydrogen) atoms. The first kappa shape index (κ1) is 36.8. The number of esters is 1. The second kappa shape index (κ2) is 32.0. The minimum absolute atomic E-state index is 0.202. The fourth-order valence-corrected chi connectivity index (χ4v) is 2.44. The van der Waals surface area contributed by atoms with Crippen LogP contribution in [-0.4, -0.2) is 145 Å². The van der Waals surface area contributed by atoms with Gasteiger partial charge in [-0.05, 0) is 13.8 Å². The second-order valence-electron chi connectivity index (χ2n) is 7.62. The van der Waals surface area contributed by atoms with Gasteiger partial charge in [0.2, 0.25) is 0 Å². The van der Waals surface area contributed by atoms with E-state index in [0.29, 0.717) is 138 Å². The Bertz CT molecular complexity index is 507. The van der Waals surface area contributed by atoms with Gasteiger partial charge in [-0.15, -0.1) is 0 Å². The third-order valence-electron chi connectivity index (χ3n) is 4.36. The first-order chi connectivity index (χ1) is 18.7. The Kier molecular flexibility index (Phi) is 31.0. The summed E-state index contributed by atoms with van der Waals surface area (Å²) in [6.45, 7) is 17.5. The molecule has 0 aromatic carbocycles. The molecule has 12 nitrogen and oxygen atoms in total. The lowest BCUT2D eigenvalue weighted by Gasteiger charge is -2.09. The molecule has 0 fully saturated rings. The molecule has 0 spiro atoms. The summed E-state index contributed by atoms with van der Waals surface area (Å²) in [6.07, 6.45) is 0. The van der Waals surface area contributed by atoms with E-state index in [9.17, 15) is 4.79 Å². The molecule has 0 aliphatic carbocycles. The molecule has 0 aromatic rings. The highest BCUT2D eigenvalue weighted by Gasteiger charge is 2.01. The molecule has 226 valence electrons. The summed E-state index contributed by atoms with van der Waals surface area (Å²) < 4.78 is 58.7. The summed E-state index contributed by atoms with van der Waals surface area (Å²) in [7, 11) is 0. The van der Waals surface area contributed by atoms with Crippen molar-refractivity contribution in [1.29, 1.82) is 0 Å². The van der Waals surface area contributed by atoms with E-state index in [2.05, 4.69) is 6.58 Å². The van der Waals surface area contributed by atoms with Crippen molar-refractivity contribution in [2.24, 2.45) is 0 Å². The van der Waals surface area contributed by atoms with E-state index in [1.165, 1.54) is 0 Å². The quantitative estimate of drug-likeness (QED) is 0.0677. The van der Waals surface area contributed by atoms with Crippen molar-refractivity contribution in [3.8, 4) is 0 Å². The van der Waals surface area contributed by atoms with Crippen molar-refractivity contribution >= 4 is 5.97 Å². The maximum absolute atomic E-state index is 11.2. The number of rotatable bonds is 32. The van der Waals surface area contributed by atoms with Gasteiger partial charge in [-0.2, -0.15) is 0 Å². The van der Waals surface area contributed by atoms with Gasteiger partial charge in [0.25, 0.3) is 0 Å². The summed E-state index contributed by atoms with van der Waals surface area (Å²) in [4.78, 5) is 11.2. The molecule has 0 saturated heterocycles. The number of hydrogen-bond donors (Lipinski definition) is 0. The highest BCUT2D eigenvalue weighted by Crippen LogP contribution is 1.92. The second-order valence-corrected chi connectivity index (χ2v) is 7.62. The maximum Gasteiger partial charge on any atom is 0.333 e. The normalized spacial score (nSPS) is 11.2. The smallest absolute Gasteiger partial charge is 0.333 e. The molecule has 0 amide bonds. The SMILES string of the molecule is C=C(C)C(=O)OCCOCCOCCOCCOCCOCCOCCOCCOCCOCCOCC. The maximum atomic E-state index is 11.2. The Balaban J connectivity index is 3.06. The molecular formula is C26H50O12. The highest BCUT2D eigenvalue weighted by molar-refractivity contribution is 5.86. The highest BCUT2D eigenvalue weighted by atomic mass is 16.6. The van der Waals surface area contributed by atoms with Gasteiger partial charge < -0.3 is 52.1 Å². The Morgan fingerprint density at radius 2 is 0.632 bits per heavy atom. The average molecular weight is 555 g/mol. The lowest BCUT2D eigenvalue weighted by atomic mass is 10.4. The number of ether oxygens (including phenoxy) is 11. The van der Waals surface area contributed by atoms with Gasteiger partial charge in [0.1, 0.15) is 6.61 Å². The summed E-state index contributed by atoms with van der Waals surface area (Å²) in [5.74, 6) is -0.411. The summed E-state index contributed by atoms with van der Waals surface area (Å²) in [5, 5.41) is 0. The molecule has 0 unspecified atom stereocenters. The van der Waals surface area contributed by atoms with Crippen LogP contribution in [0.4, 0.5) is 0 Å². The number of carbonyl (C=O) groups is 1. The van der Waals surface area contributed by atoms with E-state index >= 15 is 0 Å². The van der Waals surface area contributed by atoms with E-state index in [1.807, 2.05) is 6.92 Å². The molecule has 0 heterocycles. The topological polar surface area (TPSA) is 119 Å². The third-order valence-corrected chi connectivity index (χ3v) is 4.36. The molecule has 0 N–H and O–H groups in total. The van der Waals surface area contributed by atoms with Gasteiger partial charge in [0.05, 0.1) is 126 Å². The summed E-state index contributed by atoms with van der Waals surface area (Å²) >= 11 is 0. The van der Waals surface area contributed by atoms with Crippen molar-refractivity contribution < 1.29 is 56.9 Å². The predicted octanol–water partition coefficient (Wildman–Crippen LogP) is 1.29. The van der Waals surface area contributed by atoms with Crippen LogP contribution in [0.15, 0.2) is 12.2 Å². The molecule has 0 aromatic heterocycles. The van der Waals surface area contributed by atoms with Crippen molar-refractivity contribution in [3.05, 3.63) is 12.2 Å². The van der Waals surface area contributed by atoms with E-state index in [0.717, 1.165) is 0 Å². The van der Waals surface area contributed by atoms with Gasteiger partial charge in [-0.1, -0.05) is 6.58 Å². The van der Waals surface area contributed by atoms with Crippen molar-refractivity contribution in [3.63, 3.8) is 0 Å². The molecule has 12 heteroatoms. The van der Waals surface area contributed by atoms with Crippen LogP contribution in [0.5, 0.6) is 0 Å². The largest absolute Gasteiger partial charge is 0.460 e. The van der Waals surface area contributed by atoms with Gasteiger partial charge in [-0.3, -0.25) is 0 Å². The van der Waals surface area contributed by atoms with Crippen LogP contribution < -0.4 is 0 Å². The summed E-state index contributed by atoms with van der Waals surface area (Å²) in [5.41, 5.74) is 0.372. The van der Waals surface area contributed by atoms with Crippen molar-refractivity contribution in [2.75, 3.05) is 139 Å². The van der Waals surface area contributed by atoms with Crippen LogP contribution in [0, 0.1) is 0 Å². The Morgan fingerprint density at radius 1 is 0.421 bits per heavy atom. The fourth-order valence-electron chi connectivity index (χ4n) is 2.44. The van der Waals surface area contributed by atoms with Gasteiger partial charge in [-0.25, -0.2) is 4.79 Å². The van der Waals surface area contributed by atoms with Crippen LogP contribution in [0.25, 0.3) is 0 Å². The first-order valence-electron chi connectivity index (χ1n) is 13.3. The number of carbonyl (C=O) groups excluding carboxylic acids is 1. The van der Waals surface area contributed by atoms with E-state index in [1.54, 1.807) is 6.92 Å². The average Bonchev–Trinajstić information content (AvgIpc) is 2.91. The molecule has 0 saturated carbocycles. The van der Waals surface area contributed by atoms with Gasteiger partial charge >= 0.3 is 5.97 Å². The molecule has 0 aliphatic heterocycles. The standard InChI is InChI=1S/C26H50O12/c1-4-28-5-6-29-7-8-30-9-10-31-11-12-32-13-14-33-15-16-34-17-18-35-19-20-36-21-22-37-23-24-38-26(27)25(2)3/h2,4-24H2,1,3H3. The Labute approximate surface area is 228 Å². The first-order valence-corrected chi connectivity index (χ1v) is 13.3. The van der Waals surface area contributed by atoms with Crippen molar-refractivity contribution in [2.45, 2.75) is 13.8 Å². The fraction of sp³-hybridized carbons (Fsp3) is 0.885. The number of hydrogen-bond acceptors (Lipinski definition) is 12. The van der Waals surface area contributed by atoms with Crippen LogP contribution >= 0.6 is 0 Å². The van der Waals surface area contributed by atoms with E-state index in [-0.39, 0.29) is 6.61 Å². The minimum Gasteiger partial charge on any atom is -0.460 e. The van der Waals surface area contributed by atoms with E-state index < -0.39 is 5.97 Å². The van der Waals surface area contributed by atoms with Crippen molar-refractivity contribution in [1.82, 2.24) is 0 Å². The van der Waals surface area contributed by atoms with Crippen LogP contribution in [0.1, 0.15) is 13.8 Å². The molecule has 0 atom stereocenters. The molecule has 0 radical (unpaired) electrons. The van der Waals surface area contributed by atoms with Gasteiger partial charge in [0, 0.05) is 12.2 Å². The lowest BCUT2D eigenvalue weighted by Crippen LogP contribution is -2.15. The Hall–Kier alpha value is -1.19. The predicted molar refractivity (Wildman–Crippen MR) is 140 cm³/mol. The molecule has 0 bridgehead atoms. The third kappa shape index (κ3) is 31.0. The minimum atomic E-state index is -0.411. The molecular weight excluding hydrogens is 504 g/mol. The molecule has 0 rings (SSSR count). The van der Waals surface area contributed by atoms with Crippen LogP contribution in [0.3, 0.4) is 0 Å². The zero-order valence-electron chi connectivity index (χ0n) is 23.5. The lowest BCUT2D eigenvalue weighted by molar-refractivity contribution is -0.140. The van der Waals surface area contributed by atoms with E-state index in [4.69, 9.17) is 52.1 Å². The zero-order valence-corrected chi connectivity index (χ0v) is 23.5. The van der Waals surface area contributed by atoms with Crippen LogP contribution in [-0.2, 0) is 56.9 Å². The molecule has 0 aliphatic rings.